The second-order valence-corrected chi connectivity index (χ2v) is 9.78. The van der Waals surface area contributed by atoms with E-state index < -0.39 is 20.0 Å². The number of sulfonamides is 2. The predicted octanol–water partition coefficient (Wildman–Crippen LogP) is 1.62. The van der Waals surface area contributed by atoms with Gasteiger partial charge in [-0.15, -0.1) is 12.4 Å². The van der Waals surface area contributed by atoms with Gasteiger partial charge in [-0.25, -0.2) is 21.6 Å². The average molecular weight is 432 g/mol. The van der Waals surface area contributed by atoms with E-state index in [4.69, 9.17) is 5.73 Å². The van der Waals surface area contributed by atoms with Gasteiger partial charge in [0.2, 0.25) is 10.0 Å². The highest BCUT2D eigenvalue weighted by Crippen LogP contribution is 2.32. The molecule has 3 rings (SSSR count). The topological polar surface area (TPSA) is 110 Å². The first-order valence-corrected chi connectivity index (χ1v) is 11.1. The molecule has 0 unspecified atom stereocenters. The maximum absolute atomic E-state index is 13.1. The van der Waals surface area contributed by atoms with Crippen LogP contribution in [0.3, 0.4) is 0 Å². The molecule has 10 heteroatoms. The van der Waals surface area contributed by atoms with Crippen LogP contribution in [0.5, 0.6) is 0 Å². The van der Waals surface area contributed by atoms with Crippen molar-refractivity contribution in [1.82, 2.24) is 4.72 Å². The number of halogens is 1. The van der Waals surface area contributed by atoms with Crippen LogP contribution in [0.4, 0.5) is 5.69 Å². The molecule has 1 aliphatic rings. The van der Waals surface area contributed by atoms with Gasteiger partial charge in [0.1, 0.15) is 0 Å². The number of rotatable bonds is 5. The monoisotopic (exact) mass is 431 g/mol. The van der Waals surface area contributed by atoms with Gasteiger partial charge in [-0.1, -0.05) is 12.1 Å². The summed E-state index contributed by atoms with van der Waals surface area (Å²) < 4.78 is 53.3. The minimum atomic E-state index is -3.78. The summed E-state index contributed by atoms with van der Waals surface area (Å²) in [6.45, 7) is 0.787. The van der Waals surface area contributed by atoms with Gasteiger partial charge in [0.05, 0.1) is 15.5 Å². The normalized spacial score (nSPS) is 14.4. The molecule has 0 atom stereocenters. The first kappa shape index (κ1) is 21.6. The number of nitrogens with two attached hydrogens (primary N) is 1. The van der Waals surface area contributed by atoms with Crippen LogP contribution in [-0.2, 0) is 33.0 Å². The summed E-state index contributed by atoms with van der Waals surface area (Å²) in [6.07, 6.45) is 1.51. The maximum Gasteiger partial charge on any atom is 0.264 e. The van der Waals surface area contributed by atoms with E-state index in [1.165, 1.54) is 35.6 Å². The quantitative estimate of drug-likeness (QED) is 0.747. The molecule has 3 N–H and O–H groups in total. The fraction of sp³-hybridized carbons (Fsp3) is 0.294. The molecular formula is C17H22ClN3O4S2. The minimum absolute atomic E-state index is 0. The zero-order chi connectivity index (χ0) is 18.9. The average Bonchev–Trinajstić information content (AvgIpc) is 2.67. The smallest absolute Gasteiger partial charge is 0.264 e. The summed E-state index contributed by atoms with van der Waals surface area (Å²) >= 11 is 0. The van der Waals surface area contributed by atoms with Crippen LogP contribution >= 0.6 is 12.4 Å². The van der Waals surface area contributed by atoms with Gasteiger partial charge in [-0.2, -0.15) is 0 Å². The van der Waals surface area contributed by atoms with Crippen LogP contribution in [0.1, 0.15) is 17.5 Å². The second kappa shape index (κ2) is 8.15. The molecule has 0 bridgehead atoms. The van der Waals surface area contributed by atoms with Crippen LogP contribution in [0.25, 0.3) is 0 Å². The highest BCUT2D eigenvalue weighted by molar-refractivity contribution is 7.93. The van der Waals surface area contributed by atoms with E-state index in [0.717, 1.165) is 17.5 Å². The molecule has 148 valence electrons. The predicted molar refractivity (Wildman–Crippen MR) is 107 cm³/mol. The fourth-order valence-corrected chi connectivity index (χ4v) is 5.30. The number of hydrogen-bond acceptors (Lipinski definition) is 5. The number of hydrogen-bond donors (Lipinski definition) is 2. The Kier molecular flexibility index (Phi) is 6.54. The first-order chi connectivity index (χ1) is 12.3. The lowest BCUT2D eigenvalue weighted by Gasteiger charge is -2.31. The summed E-state index contributed by atoms with van der Waals surface area (Å²) in [5, 5.41) is 0. The van der Waals surface area contributed by atoms with E-state index in [2.05, 4.69) is 4.72 Å². The van der Waals surface area contributed by atoms with Gasteiger partial charge in [0, 0.05) is 13.1 Å². The number of fused-ring (bicyclic) bond motifs is 1. The summed E-state index contributed by atoms with van der Waals surface area (Å²) in [5.74, 6) is 0. The van der Waals surface area contributed by atoms with Crippen molar-refractivity contribution in [3.8, 4) is 0 Å². The molecule has 0 fully saturated rings. The van der Waals surface area contributed by atoms with Gasteiger partial charge < -0.3 is 5.73 Å². The minimum Gasteiger partial charge on any atom is -0.326 e. The van der Waals surface area contributed by atoms with Crippen molar-refractivity contribution in [2.45, 2.75) is 29.2 Å². The van der Waals surface area contributed by atoms with Crippen molar-refractivity contribution < 1.29 is 16.8 Å². The highest BCUT2D eigenvalue weighted by Gasteiger charge is 2.29. The van der Waals surface area contributed by atoms with E-state index >= 15 is 0 Å². The zero-order valence-corrected chi connectivity index (χ0v) is 17.2. The van der Waals surface area contributed by atoms with Gasteiger partial charge >= 0.3 is 0 Å². The van der Waals surface area contributed by atoms with Crippen molar-refractivity contribution in [3.63, 3.8) is 0 Å². The summed E-state index contributed by atoms with van der Waals surface area (Å²) in [5.41, 5.74) is 8.24. The Morgan fingerprint density at radius 2 is 1.67 bits per heavy atom. The van der Waals surface area contributed by atoms with Crippen molar-refractivity contribution in [3.05, 3.63) is 53.6 Å². The van der Waals surface area contributed by atoms with Crippen molar-refractivity contribution >= 4 is 38.1 Å². The fourth-order valence-electron chi connectivity index (χ4n) is 3.03. The number of nitrogens with one attached hydrogen (secondary N) is 1. The third-order valence-electron chi connectivity index (χ3n) is 4.45. The molecule has 7 nitrogen and oxygen atoms in total. The molecule has 0 radical (unpaired) electrons. The summed E-state index contributed by atoms with van der Waals surface area (Å²) in [6, 6.07) is 10.8. The molecule has 0 saturated carbocycles. The van der Waals surface area contributed by atoms with E-state index in [-0.39, 0.29) is 22.2 Å². The molecule has 0 spiro atoms. The number of aryl methyl sites for hydroxylation is 1. The van der Waals surface area contributed by atoms with Crippen LogP contribution in [0.2, 0.25) is 0 Å². The van der Waals surface area contributed by atoms with E-state index in [9.17, 15) is 16.8 Å². The molecule has 0 aromatic heterocycles. The van der Waals surface area contributed by atoms with Crippen molar-refractivity contribution in [2.75, 3.05) is 17.9 Å². The molecule has 2 aromatic rings. The lowest BCUT2D eigenvalue weighted by Crippen LogP contribution is -2.35. The number of nitrogens with zero attached hydrogens (tertiary/aromatic N) is 1. The Bertz CT molecular complexity index is 1020. The molecule has 0 saturated heterocycles. The van der Waals surface area contributed by atoms with Crippen LogP contribution < -0.4 is 14.8 Å². The molecule has 2 aromatic carbocycles. The van der Waals surface area contributed by atoms with E-state index in [1.807, 2.05) is 12.1 Å². The SMILES string of the molecule is CNS(=O)(=O)c1ccc(S(=O)(=O)N2CCCc3cc(CN)ccc32)cc1.Cl. The van der Waals surface area contributed by atoms with Crippen LogP contribution in [0, 0.1) is 0 Å². The Balaban J connectivity index is 0.00000261. The molecule has 1 heterocycles. The van der Waals surface area contributed by atoms with Gasteiger partial charge in [0.25, 0.3) is 10.0 Å². The van der Waals surface area contributed by atoms with E-state index in [1.54, 1.807) is 6.07 Å². The molecule has 27 heavy (non-hydrogen) atoms. The Morgan fingerprint density at radius 3 is 2.26 bits per heavy atom. The number of benzene rings is 2. The Morgan fingerprint density at radius 1 is 1.04 bits per heavy atom. The second-order valence-electron chi connectivity index (χ2n) is 6.03. The number of anilines is 1. The Hall–Kier alpha value is -1.65. The maximum atomic E-state index is 13.1. The van der Waals surface area contributed by atoms with Gasteiger partial charge in [-0.05, 0) is 61.3 Å². The first-order valence-electron chi connectivity index (χ1n) is 8.18. The highest BCUT2D eigenvalue weighted by atomic mass is 35.5. The standard InChI is InChI=1S/C17H21N3O4S2.ClH/c1-19-25(21,22)15-5-7-16(8-6-15)26(23,24)20-10-2-3-14-11-13(12-18)4-9-17(14)20;/h4-9,11,19H,2-3,10,12,18H2,1H3;1H. The molecule has 0 aliphatic carbocycles. The summed E-state index contributed by atoms with van der Waals surface area (Å²) in [4.78, 5) is 0.0777. The molecule has 0 amide bonds. The third-order valence-corrected chi connectivity index (χ3v) is 7.70. The van der Waals surface area contributed by atoms with Crippen LogP contribution in [-0.4, -0.2) is 30.4 Å². The summed E-state index contributed by atoms with van der Waals surface area (Å²) in [7, 11) is -6.08. The van der Waals surface area contributed by atoms with Crippen LogP contribution in [0.15, 0.2) is 52.3 Å². The largest absolute Gasteiger partial charge is 0.326 e. The zero-order valence-electron chi connectivity index (χ0n) is 14.8. The molecule has 1 aliphatic heterocycles. The third kappa shape index (κ3) is 4.12. The van der Waals surface area contributed by atoms with Crippen molar-refractivity contribution in [1.29, 1.82) is 0 Å². The van der Waals surface area contributed by atoms with Gasteiger partial charge in [0.15, 0.2) is 0 Å². The van der Waals surface area contributed by atoms with Crippen molar-refractivity contribution in [2.24, 2.45) is 5.73 Å². The van der Waals surface area contributed by atoms with E-state index in [0.29, 0.717) is 25.2 Å². The lowest BCUT2D eigenvalue weighted by atomic mass is 10.0. The lowest BCUT2D eigenvalue weighted by molar-refractivity contribution is 0.583. The van der Waals surface area contributed by atoms with Gasteiger partial charge in [-0.3, -0.25) is 4.31 Å². The Labute approximate surface area is 166 Å². The molecular weight excluding hydrogens is 410 g/mol.